The van der Waals surface area contributed by atoms with E-state index >= 15 is 0 Å². The third-order valence-corrected chi connectivity index (χ3v) is 4.13. The lowest BCUT2D eigenvalue weighted by atomic mass is 10.2. The van der Waals surface area contributed by atoms with Crippen LogP contribution >= 0.6 is 27.3 Å². The predicted molar refractivity (Wildman–Crippen MR) is 87.7 cm³/mol. The molecule has 1 aromatic heterocycles. The van der Waals surface area contributed by atoms with Crippen LogP contribution in [0.1, 0.15) is 18.2 Å². The molecule has 0 unspecified atom stereocenters. The van der Waals surface area contributed by atoms with Crippen LogP contribution in [0.5, 0.6) is 0 Å². The van der Waals surface area contributed by atoms with Crippen LogP contribution in [0.4, 0.5) is 13.9 Å². The Kier molecular flexibility index (Phi) is 6.17. The van der Waals surface area contributed by atoms with Crippen molar-refractivity contribution in [1.29, 1.82) is 0 Å². The summed E-state index contributed by atoms with van der Waals surface area (Å²) in [6.45, 7) is 2.05. The van der Waals surface area contributed by atoms with Crippen molar-refractivity contribution >= 4 is 44.6 Å². The number of hydrogen-bond acceptors (Lipinski definition) is 6. The van der Waals surface area contributed by atoms with E-state index in [0.29, 0.717) is 17.4 Å². The molecule has 1 heterocycles. The highest BCUT2D eigenvalue weighted by atomic mass is 79.9. The monoisotopic (exact) mass is 403 g/mol. The van der Waals surface area contributed by atoms with E-state index in [9.17, 15) is 13.6 Å². The van der Waals surface area contributed by atoms with Gasteiger partial charge in [-0.15, -0.1) is 11.3 Å². The number of nitrogens with one attached hydrogen (secondary N) is 1. The second-order valence-corrected chi connectivity index (χ2v) is 5.91. The second kappa shape index (κ2) is 8.11. The average molecular weight is 404 g/mol. The molecule has 122 valence electrons. The van der Waals surface area contributed by atoms with Gasteiger partial charge in [0.15, 0.2) is 0 Å². The largest absolute Gasteiger partial charge is 0.466 e. The summed E-state index contributed by atoms with van der Waals surface area (Å²) < 4.78 is 31.4. The van der Waals surface area contributed by atoms with Crippen molar-refractivity contribution in [3.05, 3.63) is 44.9 Å². The Hall–Kier alpha value is -1.87. The van der Waals surface area contributed by atoms with E-state index in [2.05, 4.69) is 31.4 Å². The molecular weight excluding hydrogens is 392 g/mol. The number of nitrogens with zero attached hydrogens (tertiary/aromatic N) is 2. The minimum atomic E-state index is -0.738. The van der Waals surface area contributed by atoms with E-state index in [4.69, 9.17) is 4.74 Å². The topological polar surface area (TPSA) is 63.6 Å². The molecule has 0 atom stereocenters. The minimum absolute atomic E-state index is 0.0786. The van der Waals surface area contributed by atoms with Gasteiger partial charge in [-0.2, -0.15) is 5.10 Å². The zero-order valence-corrected chi connectivity index (χ0v) is 14.4. The van der Waals surface area contributed by atoms with Gasteiger partial charge >= 0.3 is 5.97 Å². The summed E-state index contributed by atoms with van der Waals surface area (Å²) in [6, 6.07) is 2.41. The third-order valence-electron chi connectivity index (χ3n) is 2.61. The van der Waals surface area contributed by atoms with Crippen LogP contribution in [0.25, 0.3) is 0 Å². The summed E-state index contributed by atoms with van der Waals surface area (Å²) in [6.07, 6.45) is 1.29. The van der Waals surface area contributed by atoms with Crippen molar-refractivity contribution in [3.63, 3.8) is 0 Å². The number of carbonyl (C=O) groups is 1. The quantitative estimate of drug-likeness (QED) is 0.345. The van der Waals surface area contributed by atoms with Gasteiger partial charge in [0.2, 0.25) is 5.13 Å². The lowest BCUT2D eigenvalue weighted by Gasteiger charge is -2.00. The minimum Gasteiger partial charge on any atom is -0.466 e. The van der Waals surface area contributed by atoms with Gasteiger partial charge in [0.25, 0.3) is 0 Å². The fourth-order valence-corrected chi connectivity index (χ4v) is 2.62. The van der Waals surface area contributed by atoms with Crippen LogP contribution in [-0.4, -0.2) is 23.8 Å². The van der Waals surface area contributed by atoms with Gasteiger partial charge in [-0.1, -0.05) is 0 Å². The number of hydrogen-bond donors (Lipinski definition) is 1. The van der Waals surface area contributed by atoms with Crippen LogP contribution in [-0.2, 0) is 16.0 Å². The normalized spacial score (nSPS) is 11.0. The second-order valence-electron chi connectivity index (χ2n) is 4.26. The first-order valence-electron chi connectivity index (χ1n) is 6.53. The van der Waals surface area contributed by atoms with Crippen molar-refractivity contribution in [3.8, 4) is 0 Å². The highest BCUT2D eigenvalue weighted by Gasteiger charge is 2.10. The number of esters is 1. The van der Waals surface area contributed by atoms with Gasteiger partial charge in [-0.25, -0.2) is 13.8 Å². The fourth-order valence-electron chi connectivity index (χ4n) is 1.60. The molecule has 0 saturated heterocycles. The van der Waals surface area contributed by atoms with Gasteiger partial charge in [0, 0.05) is 10.9 Å². The molecule has 0 radical (unpaired) electrons. The van der Waals surface area contributed by atoms with E-state index in [1.807, 2.05) is 0 Å². The van der Waals surface area contributed by atoms with E-state index in [0.717, 1.165) is 6.07 Å². The number of thiazole rings is 1. The maximum atomic E-state index is 13.7. The highest BCUT2D eigenvalue weighted by molar-refractivity contribution is 9.10. The first kappa shape index (κ1) is 17.5. The molecule has 2 aromatic rings. The average Bonchev–Trinajstić information content (AvgIpc) is 2.95. The molecule has 0 spiro atoms. The summed E-state index contributed by atoms with van der Waals surface area (Å²) in [7, 11) is 0. The summed E-state index contributed by atoms with van der Waals surface area (Å²) in [5.74, 6) is -1.78. The zero-order chi connectivity index (χ0) is 16.8. The number of halogens is 3. The number of anilines is 1. The molecule has 0 bridgehead atoms. The predicted octanol–water partition coefficient (Wildman–Crippen LogP) is 3.74. The molecular formula is C14H12BrF2N3O2S. The SMILES string of the molecule is CCOC(=O)Cc1csc(NN=Cc2ccc(F)c(Br)c2F)n1. The van der Waals surface area contributed by atoms with Crippen LogP contribution in [0.3, 0.4) is 0 Å². The molecule has 0 saturated carbocycles. The highest BCUT2D eigenvalue weighted by Crippen LogP contribution is 2.21. The maximum Gasteiger partial charge on any atom is 0.311 e. The molecule has 9 heteroatoms. The first-order valence-corrected chi connectivity index (χ1v) is 8.21. The van der Waals surface area contributed by atoms with Crippen molar-refractivity contribution in [2.24, 2.45) is 5.10 Å². The summed E-state index contributed by atoms with van der Waals surface area (Å²) in [4.78, 5) is 15.5. The Labute approximate surface area is 143 Å². The van der Waals surface area contributed by atoms with Gasteiger partial charge in [-0.05, 0) is 35.0 Å². The van der Waals surface area contributed by atoms with Crippen molar-refractivity contribution in [1.82, 2.24) is 4.98 Å². The lowest BCUT2D eigenvalue weighted by molar-refractivity contribution is -0.142. The Morgan fingerprint density at radius 2 is 2.30 bits per heavy atom. The number of rotatable bonds is 6. The van der Waals surface area contributed by atoms with Crippen LogP contribution in [0.15, 0.2) is 27.1 Å². The molecule has 23 heavy (non-hydrogen) atoms. The molecule has 0 aliphatic rings. The lowest BCUT2D eigenvalue weighted by Crippen LogP contribution is -2.07. The van der Waals surface area contributed by atoms with Crippen molar-refractivity contribution < 1.29 is 18.3 Å². The number of carbonyl (C=O) groups excluding carboxylic acids is 1. The molecule has 2 rings (SSSR count). The number of benzene rings is 1. The molecule has 1 N–H and O–H groups in total. The van der Waals surface area contributed by atoms with E-state index in [1.54, 1.807) is 12.3 Å². The van der Waals surface area contributed by atoms with Crippen LogP contribution in [0, 0.1) is 11.6 Å². The summed E-state index contributed by atoms with van der Waals surface area (Å²) in [5.41, 5.74) is 3.31. The van der Waals surface area contributed by atoms with Crippen molar-refractivity contribution in [2.45, 2.75) is 13.3 Å². The molecule has 1 aromatic carbocycles. The molecule has 0 amide bonds. The molecule has 5 nitrogen and oxygen atoms in total. The van der Waals surface area contributed by atoms with Gasteiger partial charge < -0.3 is 4.74 Å². The standard InChI is InChI=1S/C14H12BrF2N3O2S/c1-2-22-11(21)5-9-7-23-14(19-9)20-18-6-8-3-4-10(16)12(15)13(8)17/h3-4,6-7H,2,5H2,1H3,(H,19,20). The number of hydrazone groups is 1. The van der Waals surface area contributed by atoms with E-state index in [1.165, 1.54) is 23.6 Å². The van der Waals surface area contributed by atoms with E-state index < -0.39 is 11.6 Å². The Balaban J connectivity index is 1.97. The van der Waals surface area contributed by atoms with E-state index in [-0.39, 0.29) is 22.4 Å². The van der Waals surface area contributed by atoms with Gasteiger partial charge in [0.05, 0.1) is 29.4 Å². The summed E-state index contributed by atoms with van der Waals surface area (Å²) >= 11 is 4.07. The Bertz CT molecular complexity index is 737. The first-order chi connectivity index (χ1) is 11.0. The van der Waals surface area contributed by atoms with Gasteiger partial charge in [-0.3, -0.25) is 10.2 Å². The zero-order valence-electron chi connectivity index (χ0n) is 12.0. The maximum absolute atomic E-state index is 13.7. The molecule has 0 fully saturated rings. The van der Waals surface area contributed by atoms with Crippen LogP contribution < -0.4 is 5.43 Å². The Morgan fingerprint density at radius 1 is 1.52 bits per heavy atom. The fraction of sp³-hybridized carbons (Fsp3) is 0.214. The van der Waals surface area contributed by atoms with Gasteiger partial charge in [0.1, 0.15) is 11.6 Å². The third kappa shape index (κ3) is 4.80. The van der Waals surface area contributed by atoms with Crippen molar-refractivity contribution in [2.75, 3.05) is 12.0 Å². The Morgan fingerprint density at radius 3 is 3.04 bits per heavy atom. The number of ether oxygens (including phenoxy) is 1. The molecule has 0 aliphatic heterocycles. The number of aromatic nitrogens is 1. The summed E-state index contributed by atoms with van der Waals surface area (Å²) in [5, 5.41) is 5.99. The smallest absolute Gasteiger partial charge is 0.311 e. The molecule has 0 aliphatic carbocycles. The van der Waals surface area contributed by atoms with Crippen LogP contribution in [0.2, 0.25) is 0 Å².